The third kappa shape index (κ3) is 4.46. The van der Waals surface area contributed by atoms with Crippen LogP contribution in [0, 0.1) is 5.82 Å². The Hall–Kier alpha value is -2.07. The van der Waals surface area contributed by atoms with E-state index in [0.29, 0.717) is 22.8 Å². The van der Waals surface area contributed by atoms with E-state index < -0.39 is 11.9 Å². The van der Waals surface area contributed by atoms with E-state index >= 15 is 0 Å². The third-order valence-corrected chi connectivity index (χ3v) is 3.27. The van der Waals surface area contributed by atoms with Crippen molar-refractivity contribution in [3.05, 3.63) is 64.9 Å². The van der Waals surface area contributed by atoms with Crippen LogP contribution in [0.2, 0.25) is 5.02 Å². The van der Waals surface area contributed by atoms with E-state index in [1.54, 1.807) is 24.3 Å². The molecule has 5 heteroatoms. The minimum atomic E-state index is -0.931. The highest BCUT2D eigenvalue weighted by atomic mass is 35.5. The maximum absolute atomic E-state index is 12.8. The first kappa shape index (κ1) is 15.3. The van der Waals surface area contributed by atoms with Crippen LogP contribution >= 0.6 is 11.6 Å². The molecule has 0 saturated carbocycles. The predicted octanol–water partition coefficient (Wildman–Crippen LogP) is 4.12. The van der Waals surface area contributed by atoms with Crippen LogP contribution in [-0.2, 0) is 4.79 Å². The van der Waals surface area contributed by atoms with Gasteiger partial charge in [-0.05, 0) is 48.4 Å². The van der Waals surface area contributed by atoms with Gasteiger partial charge in [-0.2, -0.15) is 0 Å². The molecule has 2 rings (SSSR count). The molecule has 0 aromatic heterocycles. The van der Waals surface area contributed by atoms with E-state index in [-0.39, 0.29) is 12.4 Å². The Labute approximate surface area is 126 Å². The molecule has 0 bridgehead atoms. The largest absolute Gasteiger partial charge is 0.494 e. The lowest BCUT2D eigenvalue weighted by Gasteiger charge is -2.14. The first-order valence-electron chi connectivity index (χ1n) is 6.43. The summed E-state index contributed by atoms with van der Waals surface area (Å²) in [4.78, 5) is 11.4. The molecule has 0 saturated heterocycles. The van der Waals surface area contributed by atoms with E-state index in [4.69, 9.17) is 16.3 Å². The number of carbonyl (C=O) groups is 1. The zero-order chi connectivity index (χ0) is 15.2. The zero-order valence-corrected chi connectivity index (χ0v) is 11.9. The summed E-state index contributed by atoms with van der Waals surface area (Å²) in [7, 11) is 0. The number of carboxylic acid groups (broad SMARTS) is 1. The molecule has 1 unspecified atom stereocenters. The smallest absolute Gasteiger partial charge is 0.311 e. The van der Waals surface area contributed by atoms with Crippen LogP contribution in [0.25, 0.3) is 0 Å². The highest BCUT2D eigenvalue weighted by Crippen LogP contribution is 2.23. The van der Waals surface area contributed by atoms with Gasteiger partial charge in [0.25, 0.3) is 0 Å². The molecule has 3 nitrogen and oxygen atoms in total. The van der Waals surface area contributed by atoms with Crippen molar-refractivity contribution in [3.63, 3.8) is 0 Å². The lowest BCUT2D eigenvalue weighted by molar-refractivity contribution is -0.139. The molecular weight excluding hydrogens is 295 g/mol. The molecule has 0 spiro atoms. The number of halogens is 2. The molecule has 0 fully saturated rings. The van der Waals surface area contributed by atoms with Gasteiger partial charge in [0.1, 0.15) is 11.6 Å². The van der Waals surface area contributed by atoms with Gasteiger partial charge in [-0.1, -0.05) is 23.7 Å². The Balaban J connectivity index is 1.98. The van der Waals surface area contributed by atoms with Gasteiger partial charge in [0, 0.05) is 5.02 Å². The lowest BCUT2D eigenvalue weighted by atomic mass is 9.96. The van der Waals surface area contributed by atoms with E-state index in [0.717, 1.165) is 0 Å². The molecule has 0 heterocycles. The predicted molar refractivity (Wildman–Crippen MR) is 78.3 cm³/mol. The van der Waals surface area contributed by atoms with Crippen LogP contribution in [0.1, 0.15) is 17.9 Å². The van der Waals surface area contributed by atoms with Gasteiger partial charge in [-0.15, -0.1) is 0 Å². The fraction of sp³-hybridized carbons (Fsp3) is 0.188. The summed E-state index contributed by atoms with van der Waals surface area (Å²) >= 11 is 5.88. The van der Waals surface area contributed by atoms with E-state index in [2.05, 4.69) is 0 Å². The van der Waals surface area contributed by atoms with Gasteiger partial charge in [0.2, 0.25) is 0 Å². The molecule has 0 radical (unpaired) electrons. The molecule has 1 N–H and O–H groups in total. The number of rotatable bonds is 6. The summed E-state index contributed by atoms with van der Waals surface area (Å²) in [6.45, 7) is 0.217. The van der Waals surface area contributed by atoms with E-state index in [9.17, 15) is 14.3 Å². The second kappa shape index (κ2) is 7.09. The Morgan fingerprint density at radius 1 is 1.24 bits per heavy atom. The van der Waals surface area contributed by atoms with Gasteiger partial charge in [-0.3, -0.25) is 4.79 Å². The second-order valence-corrected chi connectivity index (χ2v) is 4.97. The van der Waals surface area contributed by atoms with Crippen molar-refractivity contribution in [2.75, 3.05) is 6.61 Å². The molecule has 2 aromatic rings. The van der Waals surface area contributed by atoms with E-state index in [1.165, 1.54) is 24.3 Å². The van der Waals surface area contributed by atoms with Crippen LogP contribution in [-0.4, -0.2) is 17.7 Å². The molecule has 1 atom stereocenters. The fourth-order valence-electron chi connectivity index (χ4n) is 1.98. The number of benzene rings is 2. The summed E-state index contributed by atoms with van der Waals surface area (Å²) in [6, 6.07) is 12.4. The summed E-state index contributed by atoms with van der Waals surface area (Å²) in [6.07, 6.45) is 0.299. The molecule has 0 aliphatic carbocycles. The molecule has 2 aromatic carbocycles. The number of carboxylic acids is 1. The minimum Gasteiger partial charge on any atom is -0.494 e. The normalized spacial score (nSPS) is 11.9. The Morgan fingerprint density at radius 2 is 1.95 bits per heavy atom. The monoisotopic (exact) mass is 308 g/mol. The number of hydrogen-bond acceptors (Lipinski definition) is 2. The van der Waals surface area contributed by atoms with Gasteiger partial charge in [-0.25, -0.2) is 4.39 Å². The quantitative estimate of drug-likeness (QED) is 0.873. The van der Waals surface area contributed by atoms with Gasteiger partial charge >= 0.3 is 5.97 Å². The van der Waals surface area contributed by atoms with Crippen LogP contribution in [0.3, 0.4) is 0 Å². The van der Waals surface area contributed by atoms with Crippen LogP contribution in [0.4, 0.5) is 4.39 Å². The maximum atomic E-state index is 12.8. The highest BCUT2D eigenvalue weighted by Gasteiger charge is 2.20. The molecule has 0 amide bonds. The number of aliphatic carboxylic acids is 1. The van der Waals surface area contributed by atoms with Crippen molar-refractivity contribution in [1.29, 1.82) is 0 Å². The Morgan fingerprint density at radius 3 is 2.57 bits per heavy atom. The van der Waals surface area contributed by atoms with Gasteiger partial charge < -0.3 is 9.84 Å². The van der Waals surface area contributed by atoms with Crippen LogP contribution in [0.5, 0.6) is 5.75 Å². The second-order valence-electron chi connectivity index (χ2n) is 4.54. The molecular formula is C16H14ClFO3. The fourth-order valence-corrected chi connectivity index (χ4v) is 2.18. The SMILES string of the molecule is O=C(O)C(CCOc1ccc(F)cc1)c1cccc(Cl)c1. The van der Waals surface area contributed by atoms with Crippen molar-refractivity contribution < 1.29 is 19.0 Å². The Bertz CT molecular complexity index is 613. The molecule has 0 aliphatic rings. The summed E-state index contributed by atoms with van der Waals surface area (Å²) in [5.74, 6) is -1.46. The highest BCUT2D eigenvalue weighted by molar-refractivity contribution is 6.30. The zero-order valence-electron chi connectivity index (χ0n) is 11.1. The van der Waals surface area contributed by atoms with Crippen LogP contribution in [0.15, 0.2) is 48.5 Å². The minimum absolute atomic E-state index is 0.217. The van der Waals surface area contributed by atoms with Gasteiger partial charge in [0.05, 0.1) is 12.5 Å². The van der Waals surface area contributed by atoms with Crippen molar-refractivity contribution in [1.82, 2.24) is 0 Å². The molecule has 110 valence electrons. The lowest BCUT2D eigenvalue weighted by Crippen LogP contribution is -2.15. The maximum Gasteiger partial charge on any atom is 0.311 e. The van der Waals surface area contributed by atoms with E-state index in [1.807, 2.05) is 0 Å². The summed E-state index contributed by atoms with van der Waals surface area (Å²) in [5, 5.41) is 9.80. The topological polar surface area (TPSA) is 46.5 Å². The average Bonchev–Trinajstić information content (AvgIpc) is 2.45. The number of ether oxygens (including phenoxy) is 1. The van der Waals surface area contributed by atoms with Crippen molar-refractivity contribution in [3.8, 4) is 5.75 Å². The van der Waals surface area contributed by atoms with Crippen LogP contribution < -0.4 is 4.74 Å². The van der Waals surface area contributed by atoms with Crippen molar-refractivity contribution in [2.24, 2.45) is 0 Å². The first-order chi connectivity index (χ1) is 10.1. The number of hydrogen-bond donors (Lipinski definition) is 1. The van der Waals surface area contributed by atoms with Crippen molar-refractivity contribution >= 4 is 17.6 Å². The summed E-state index contributed by atoms with van der Waals surface area (Å²) < 4.78 is 18.2. The first-order valence-corrected chi connectivity index (χ1v) is 6.80. The van der Waals surface area contributed by atoms with Gasteiger partial charge in [0.15, 0.2) is 0 Å². The Kier molecular flexibility index (Phi) is 5.17. The molecule has 21 heavy (non-hydrogen) atoms. The summed E-state index contributed by atoms with van der Waals surface area (Å²) in [5.41, 5.74) is 0.637. The third-order valence-electron chi connectivity index (χ3n) is 3.04. The average molecular weight is 309 g/mol. The van der Waals surface area contributed by atoms with Crippen molar-refractivity contribution in [2.45, 2.75) is 12.3 Å². The molecule has 0 aliphatic heterocycles. The standard InChI is InChI=1S/C16H14ClFO3/c17-12-3-1-2-11(10-12)15(16(19)20)8-9-21-14-6-4-13(18)5-7-14/h1-7,10,15H,8-9H2,(H,19,20).